The molecule has 1 aliphatic rings. The predicted octanol–water partition coefficient (Wildman–Crippen LogP) is 3.12. The van der Waals surface area contributed by atoms with E-state index in [0.717, 1.165) is 37.7 Å². The Morgan fingerprint density at radius 1 is 0.962 bits per heavy atom. The number of amides is 1. The summed E-state index contributed by atoms with van der Waals surface area (Å²) in [4.78, 5) is 26.1. The zero-order valence-electron chi connectivity index (χ0n) is 14.2. The summed E-state index contributed by atoms with van der Waals surface area (Å²) in [6.07, 6.45) is 3.65. The minimum absolute atomic E-state index is 0.121. The number of piperazine rings is 1. The van der Waals surface area contributed by atoms with Crippen molar-refractivity contribution >= 4 is 34.6 Å². The number of carbonyl (C=O) groups excluding carboxylic acids is 1. The molecule has 0 bridgehead atoms. The first-order chi connectivity index (χ1) is 12.8. The first kappa shape index (κ1) is 16.5. The lowest BCUT2D eigenvalue weighted by molar-refractivity contribution is 0.103. The highest BCUT2D eigenvalue weighted by Crippen LogP contribution is 2.20. The highest BCUT2D eigenvalue weighted by atomic mass is 32.1. The molecule has 0 saturated carbocycles. The van der Waals surface area contributed by atoms with Crippen molar-refractivity contribution in [2.45, 2.75) is 0 Å². The Balaban J connectivity index is 1.35. The number of carbonyl (C=O) groups is 1. The topological polar surface area (TPSA) is 61.4 Å². The van der Waals surface area contributed by atoms with Gasteiger partial charge in [0, 0.05) is 32.4 Å². The van der Waals surface area contributed by atoms with Crippen LogP contribution in [0.2, 0.25) is 0 Å². The van der Waals surface area contributed by atoms with Crippen LogP contribution < -0.4 is 15.1 Å². The van der Waals surface area contributed by atoms with Gasteiger partial charge in [0.2, 0.25) is 0 Å². The number of nitrogens with zero attached hydrogens (tertiary/aromatic N) is 4. The Bertz CT molecular complexity index is 843. The third-order valence-corrected chi connectivity index (χ3v) is 5.22. The van der Waals surface area contributed by atoms with Gasteiger partial charge in [-0.1, -0.05) is 12.1 Å². The number of pyridine rings is 2. The molecule has 6 nitrogen and oxygen atoms in total. The number of thiophene rings is 1. The largest absolute Gasteiger partial charge is 0.367 e. The molecule has 4 rings (SSSR count). The minimum Gasteiger partial charge on any atom is -0.367 e. The molecule has 1 saturated heterocycles. The summed E-state index contributed by atoms with van der Waals surface area (Å²) in [6.45, 7) is 3.68. The van der Waals surface area contributed by atoms with Crippen LogP contribution in [0.5, 0.6) is 0 Å². The van der Waals surface area contributed by atoms with Gasteiger partial charge in [0.25, 0.3) is 5.91 Å². The van der Waals surface area contributed by atoms with Crippen molar-refractivity contribution in [3.05, 3.63) is 65.1 Å². The number of anilines is 3. The molecule has 1 fully saturated rings. The van der Waals surface area contributed by atoms with Crippen molar-refractivity contribution < 1.29 is 4.79 Å². The van der Waals surface area contributed by atoms with Gasteiger partial charge in [-0.15, -0.1) is 11.3 Å². The Hall–Kier alpha value is -2.93. The van der Waals surface area contributed by atoms with Gasteiger partial charge in [0.05, 0.1) is 16.8 Å². The molecule has 0 radical (unpaired) electrons. The minimum atomic E-state index is -0.121. The summed E-state index contributed by atoms with van der Waals surface area (Å²) in [7, 11) is 0. The normalized spacial score (nSPS) is 14.3. The molecular formula is C19H19N5OS. The van der Waals surface area contributed by atoms with Gasteiger partial charge < -0.3 is 15.1 Å². The first-order valence-electron chi connectivity index (χ1n) is 8.51. The fourth-order valence-corrected chi connectivity index (χ4v) is 3.59. The van der Waals surface area contributed by atoms with Crippen LogP contribution in [-0.2, 0) is 0 Å². The number of nitrogens with one attached hydrogen (secondary N) is 1. The summed E-state index contributed by atoms with van der Waals surface area (Å²) in [5.74, 6) is 1.47. The van der Waals surface area contributed by atoms with Crippen molar-refractivity contribution in [1.82, 2.24) is 9.97 Å². The van der Waals surface area contributed by atoms with Crippen LogP contribution >= 0.6 is 11.3 Å². The molecule has 0 unspecified atom stereocenters. The third kappa shape index (κ3) is 3.67. The Kier molecular flexibility index (Phi) is 4.79. The average Bonchev–Trinajstić information content (AvgIpc) is 3.25. The zero-order chi connectivity index (χ0) is 17.8. The van der Waals surface area contributed by atoms with Gasteiger partial charge in [0.15, 0.2) is 0 Å². The zero-order valence-corrected chi connectivity index (χ0v) is 15.0. The van der Waals surface area contributed by atoms with Crippen molar-refractivity contribution in [3.63, 3.8) is 0 Å². The van der Waals surface area contributed by atoms with E-state index in [1.807, 2.05) is 54.2 Å². The smallest absolute Gasteiger partial charge is 0.266 e. The molecule has 3 aromatic heterocycles. The van der Waals surface area contributed by atoms with Gasteiger partial charge in [-0.2, -0.15) is 0 Å². The van der Waals surface area contributed by atoms with E-state index < -0.39 is 0 Å². The summed E-state index contributed by atoms with van der Waals surface area (Å²) >= 11 is 1.42. The van der Waals surface area contributed by atoms with Gasteiger partial charge in [-0.25, -0.2) is 9.97 Å². The van der Waals surface area contributed by atoms with Crippen LogP contribution in [0.1, 0.15) is 9.67 Å². The molecule has 132 valence electrons. The first-order valence-corrected chi connectivity index (χ1v) is 9.39. The van der Waals surface area contributed by atoms with E-state index in [1.54, 1.807) is 6.07 Å². The quantitative estimate of drug-likeness (QED) is 0.770. The summed E-state index contributed by atoms with van der Waals surface area (Å²) < 4.78 is 0. The van der Waals surface area contributed by atoms with E-state index in [9.17, 15) is 4.79 Å². The van der Waals surface area contributed by atoms with E-state index in [0.29, 0.717) is 10.7 Å². The monoisotopic (exact) mass is 365 g/mol. The fraction of sp³-hybridized carbons (Fsp3) is 0.211. The van der Waals surface area contributed by atoms with Crippen LogP contribution in [0.15, 0.2) is 60.2 Å². The van der Waals surface area contributed by atoms with Crippen molar-refractivity contribution in [1.29, 1.82) is 0 Å². The lowest BCUT2D eigenvalue weighted by Crippen LogP contribution is -2.46. The van der Waals surface area contributed by atoms with E-state index >= 15 is 0 Å². The second-order valence-corrected chi connectivity index (χ2v) is 6.94. The van der Waals surface area contributed by atoms with E-state index in [4.69, 9.17) is 0 Å². The molecule has 0 aromatic carbocycles. The number of aromatic nitrogens is 2. The van der Waals surface area contributed by atoms with E-state index in [-0.39, 0.29) is 5.91 Å². The summed E-state index contributed by atoms with van der Waals surface area (Å²) in [6, 6.07) is 13.5. The number of rotatable bonds is 4. The highest BCUT2D eigenvalue weighted by molar-refractivity contribution is 7.12. The molecular weight excluding hydrogens is 346 g/mol. The molecule has 26 heavy (non-hydrogen) atoms. The lowest BCUT2D eigenvalue weighted by atomic mass is 10.2. The maximum atomic E-state index is 12.1. The third-order valence-electron chi connectivity index (χ3n) is 4.35. The SMILES string of the molecule is O=C(Nc1ccc(N2CCN(c3ccccn3)CC2)cn1)c1cccs1. The molecule has 0 aliphatic carbocycles. The Labute approximate surface area is 156 Å². The molecule has 1 aliphatic heterocycles. The lowest BCUT2D eigenvalue weighted by Gasteiger charge is -2.36. The van der Waals surface area contributed by atoms with Crippen molar-refractivity contribution in [2.75, 3.05) is 41.3 Å². The molecule has 1 N–H and O–H groups in total. The van der Waals surface area contributed by atoms with Crippen LogP contribution in [-0.4, -0.2) is 42.1 Å². The van der Waals surface area contributed by atoms with Gasteiger partial charge in [0.1, 0.15) is 11.6 Å². The van der Waals surface area contributed by atoms with Crippen molar-refractivity contribution in [2.24, 2.45) is 0 Å². The maximum absolute atomic E-state index is 12.1. The van der Waals surface area contributed by atoms with E-state index in [2.05, 4.69) is 25.1 Å². The van der Waals surface area contributed by atoms with E-state index in [1.165, 1.54) is 11.3 Å². The van der Waals surface area contributed by atoms with Crippen LogP contribution in [0, 0.1) is 0 Å². The summed E-state index contributed by atoms with van der Waals surface area (Å²) in [5.41, 5.74) is 1.07. The van der Waals surface area contributed by atoms with Crippen LogP contribution in [0.4, 0.5) is 17.3 Å². The average molecular weight is 365 g/mol. The standard InChI is InChI=1S/C19H19N5OS/c25-19(16-4-3-13-26-16)22-17-7-6-15(14-21-17)23-9-11-24(12-10-23)18-5-1-2-8-20-18/h1-8,13-14H,9-12H2,(H,21,22,25). The van der Waals surface area contributed by atoms with Crippen molar-refractivity contribution in [3.8, 4) is 0 Å². The molecule has 0 atom stereocenters. The highest BCUT2D eigenvalue weighted by Gasteiger charge is 2.18. The number of hydrogen-bond acceptors (Lipinski definition) is 6. The van der Waals surface area contributed by atoms with Gasteiger partial charge in [-0.3, -0.25) is 4.79 Å². The Morgan fingerprint density at radius 3 is 2.46 bits per heavy atom. The molecule has 1 amide bonds. The molecule has 3 aromatic rings. The molecule has 0 spiro atoms. The van der Waals surface area contributed by atoms with Crippen LogP contribution in [0.25, 0.3) is 0 Å². The second kappa shape index (κ2) is 7.53. The summed E-state index contributed by atoms with van der Waals surface area (Å²) in [5, 5.41) is 4.71. The van der Waals surface area contributed by atoms with Gasteiger partial charge >= 0.3 is 0 Å². The molecule has 7 heteroatoms. The second-order valence-electron chi connectivity index (χ2n) is 6.00. The fourth-order valence-electron chi connectivity index (χ4n) is 2.97. The van der Waals surface area contributed by atoms with Crippen LogP contribution in [0.3, 0.4) is 0 Å². The predicted molar refractivity (Wildman–Crippen MR) is 105 cm³/mol. The maximum Gasteiger partial charge on any atom is 0.266 e. The van der Waals surface area contributed by atoms with Gasteiger partial charge in [-0.05, 0) is 35.7 Å². The number of hydrogen-bond donors (Lipinski definition) is 1. The molecule has 4 heterocycles. The Morgan fingerprint density at radius 2 is 1.81 bits per heavy atom.